The fraction of sp³-hybridized carbons (Fsp3) is 0.375. The fourth-order valence-corrected chi connectivity index (χ4v) is 3.88. The number of nitrogens with one attached hydrogen (secondary N) is 1. The Morgan fingerprint density at radius 3 is 3.19 bits per heavy atom. The molecule has 4 nitrogen and oxygen atoms in total. The molecular formula is C16H17N3OS. The lowest BCUT2D eigenvalue weighted by Gasteiger charge is -2.20. The van der Waals surface area contributed by atoms with Gasteiger partial charge < -0.3 is 9.84 Å². The summed E-state index contributed by atoms with van der Waals surface area (Å²) in [5, 5.41) is 10.9. The Hall–Kier alpha value is -1.72. The number of rotatable bonds is 3. The molecular weight excluding hydrogens is 282 g/mol. The number of piperidine rings is 1. The molecule has 1 aromatic carbocycles. The van der Waals surface area contributed by atoms with Gasteiger partial charge in [0.1, 0.15) is 0 Å². The number of hydrogen-bond acceptors (Lipinski definition) is 5. The summed E-state index contributed by atoms with van der Waals surface area (Å²) in [5.74, 6) is 2.10. The van der Waals surface area contributed by atoms with Crippen molar-refractivity contribution in [3.63, 3.8) is 0 Å². The number of fused-ring (bicyclic) bond motifs is 1. The van der Waals surface area contributed by atoms with Gasteiger partial charge in [-0.2, -0.15) is 4.98 Å². The Balaban J connectivity index is 1.59. The summed E-state index contributed by atoms with van der Waals surface area (Å²) in [6, 6.07) is 8.33. The van der Waals surface area contributed by atoms with Gasteiger partial charge in [-0.15, -0.1) is 11.3 Å². The first-order valence-electron chi connectivity index (χ1n) is 7.40. The van der Waals surface area contributed by atoms with Gasteiger partial charge in [0, 0.05) is 21.9 Å². The predicted octanol–water partition coefficient (Wildman–Crippen LogP) is 3.49. The Morgan fingerprint density at radius 2 is 2.29 bits per heavy atom. The van der Waals surface area contributed by atoms with E-state index in [2.05, 4.69) is 39.0 Å². The number of hydrogen-bond donors (Lipinski definition) is 1. The van der Waals surface area contributed by atoms with Crippen LogP contribution in [0, 0.1) is 5.92 Å². The molecule has 1 atom stereocenters. The van der Waals surface area contributed by atoms with E-state index in [1.165, 1.54) is 22.9 Å². The van der Waals surface area contributed by atoms with Gasteiger partial charge in [0.15, 0.2) is 5.82 Å². The standard InChI is InChI=1S/C16H17N3OS/c1-2-6-14-12(5-1)13(10-21-14)16-18-15(19-20-16)8-11-4-3-7-17-9-11/h1-2,5-6,10-11,17H,3-4,7-9H2. The van der Waals surface area contributed by atoms with Crippen LogP contribution in [-0.2, 0) is 6.42 Å². The van der Waals surface area contributed by atoms with Crippen molar-refractivity contribution < 1.29 is 4.52 Å². The van der Waals surface area contributed by atoms with Crippen LogP contribution in [0.3, 0.4) is 0 Å². The zero-order chi connectivity index (χ0) is 14.1. The third-order valence-corrected chi connectivity index (χ3v) is 5.01. The zero-order valence-corrected chi connectivity index (χ0v) is 12.5. The lowest BCUT2D eigenvalue weighted by Crippen LogP contribution is -2.31. The average molecular weight is 299 g/mol. The topological polar surface area (TPSA) is 51.0 Å². The highest BCUT2D eigenvalue weighted by Crippen LogP contribution is 2.33. The summed E-state index contributed by atoms with van der Waals surface area (Å²) < 4.78 is 6.74. The van der Waals surface area contributed by atoms with Crippen molar-refractivity contribution in [1.29, 1.82) is 0 Å². The molecule has 0 amide bonds. The van der Waals surface area contributed by atoms with Crippen molar-refractivity contribution in [2.45, 2.75) is 19.3 Å². The van der Waals surface area contributed by atoms with Crippen LogP contribution in [0.2, 0.25) is 0 Å². The summed E-state index contributed by atoms with van der Waals surface area (Å²) in [5.41, 5.74) is 1.05. The Morgan fingerprint density at radius 1 is 1.33 bits per heavy atom. The van der Waals surface area contributed by atoms with Gasteiger partial charge >= 0.3 is 0 Å². The van der Waals surface area contributed by atoms with Crippen molar-refractivity contribution in [3.05, 3.63) is 35.5 Å². The quantitative estimate of drug-likeness (QED) is 0.804. The van der Waals surface area contributed by atoms with Crippen molar-refractivity contribution >= 4 is 21.4 Å². The molecule has 0 saturated carbocycles. The molecule has 4 rings (SSSR count). The molecule has 1 N–H and O–H groups in total. The molecule has 1 unspecified atom stereocenters. The number of benzene rings is 1. The first-order chi connectivity index (χ1) is 10.4. The summed E-state index contributed by atoms with van der Waals surface area (Å²) in [4.78, 5) is 4.60. The lowest BCUT2D eigenvalue weighted by molar-refractivity contribution is 0.360. The molecule has 21 heavy (non-hydrogen) atoms. The minimum Gasteiger partial charge on any atom is -0.334 e. The van der Waals surface area contributed by atoms with Gasteiger partial charge in [0.25, 0.3) is 5.89 Å². The van der Waals surface area contributed by atoms with E-state index < -0.39 is 0 Å². The van der Waals surface area contributed by atoms with Gasteiger partial charge in [-0.25, -0.2) is 0 Å². The van der Waals surface area contributed by atoms with Gasteiger partial charge in [0.05, 0.1) is 5.56 Å². The number of aromatic nitrogens is 2. The van der Waals surface area contributed by atoms with Crippen molar-refractivity contribution in [2.24, 2.45) is 5.92 Å². The first kappa shape index (κ1) is 13.0. The van der Waals surface area contributed by atoms with Crippen LogP contribution in [0.15, 0.2) is 34.2 Å². The predicted molar refractivity (Wildman–Crippen MR) is 84.4 cm³/mol. The SMILES string of the molecule is c1ccc2c(-c3nc(CC4CCCNC4)no3)csc2c1. The van der Waals surface area contributed by atoms with E-state index in [4.69, 9.17) is 4.52 Å². The van der Waals surface area contributed by atoms with Gasteiger partial charge in [-0.3, -0.25) is 0 Å². The van der Waals surface area contributed by atoms with E-state index in [1.807, 2.05) is 6.07 Å². The van der Waals surface area contributed by atoms with E-state index in [-0.39, 0.29) is 0 Å². The van der Waals surface area contributed by atoms with Crippen LogP contribution in [0.25, 0.3) is 21.5 Å². The van der Waals surface area contributed by atoms with E-state index >= 15 is 0 Å². The highest BCUT2D eigenvalue weighted by molar-refractivity contribution is 7.17. The molecule has 108 valence electrons. The molecule has 3 heterocycles. The second-order valence-electron chi connectivity index (χ2n) is 5.58. The van der Waals surface area contributed by atoms with Crippen molar-refractivity contribution in [3.8, 4) is 11.5 Å². The van der Waals surface area contributed by atoms with Crippen LogP contribution < -0.4 is 5.32 Å². The summed E-state index contributed by atoms with van der Waals surface area (Å²) in [6.07, 6.45) is 3.39. The lowest BCUT2D eigenvalue weighted by atomic mass is 9.96. The smallest absolute Gasteiger partial charge is 0.259 e. The maximum atomic E-state index is 5.48. The van der Waals surface area contributed by atoms with E-state index in [1.54, 1.807) is 11.3 Å². The molecule has 5 heteroatoms. The summed E-state index contributed by atoms with van der Waals surface area (Å²) in [7, 11) is 0. The molecule has 0 radical (unpaired) electrons. The maximum absolute atomic E-state index is 5.48. The molecule has 0 bridgehead atoms. The molecule has 1 aliphatic heterocycles. The molecule has 1 fully saturated rings. The minimum absolute atomic E-state index is 0.628. The van der Waals surface area contributed by atoms with Gasteiger partial charge in [0.2, 0.25) is 0 Å². The second kappa shape index (κ2) is 5.58. The maximum Gasteiger partial charge on any atom is 0.259 e. The summed E-state index contributed by atoms with van der Waals surface area (Å²) >= 11 is 1.72. The second-order valence-corrected chi connectivity index (χ2v) is 6.49. The molecule has 1 aliphatic rings. The summed E-state index contributed by atoms with van der Waals surface area (Å²) in [6.45, 7) is 2.19. The molecule has 0 aliphatic carbocycles. The molecule has 3 aromatic rings. The van der Waals surface area contributed by atoms with Crippen molar-refractivity contribution in [2.75, 3.05) is 13.1 Å². The Labute approximate surface area is 127 Å². The van der Waals surface area contributed by atoms with Crippen LogP contribution in [0.1, 0.15) is 18.7 Å². The van der Waals surface area contributed by atoms with Crippen LogP contribution >= 0.6 is 11.3 Å². The third kappa shape index (κ3) is 2.59. The largest absolute Gasteiger partial charge is 0.334 e. The Bertz CT molecular complexity index is 743. The first-order valence-corrected chi connectivity index (χ1v) is 8.28. The minimum atomic E-state index is 0.628. The third-order valence-electron chi connectivity index (χ3n) is 4.05. The highest BCUT2D eigenvalue weighted by Gasteiger charge is 2.18. The van der Waals surface area contributed by atoms with E-state index in [0.29, 0.717) is 11.8 Å². The molecule has 0 spiro atoms. The average Bonchev–Trinajstić information content (AvgIpc) is 3.14. The van der Waals surface area contributed by atoms with Gasteiger partial charge in [-0.1, -0.05) is 23.4 Å². The highest BCUT2D eigenvalue weighted by atomic mass is 32.1. The monoisotopic (exact) mass is 299 g/mol. The normalized spacial score (nSPS) is 19.1. The molecule has 1 saturated heterocycles. The number of thiophene rings is 1. The Kier molecular flexibility index (Phi) is 3.45. The van der Waals surface area contributed by atoms with E-state index in [0.717, 1.165) is 30.9 Å². The van der Waals surface area contributed by atoms with Crippen LogP contribution in [-0.4, -0.2) is 23.2 Å². The molecule has 2 aromatic heterocycles. The zero-order valence-electron chi connectivity index (χ0n) is 11.7. The fourth-order valence-electron chi connectivity index (χ4n) is 2.95. The number of nitrogens with zero attached hydrogens (tertiary/aromatic N) is 2. The van der Waals surface area contributed by atoms with Crippen molar-refractivity contribution in [1.82, 2.24) is 15.5 Å². The van der Waals surface area contributed by atoms with E-state index in [9.17, 15) is 0 Å². The van der Waals surface area contributed by atoms with Crippen LogP contribution in [0.5, 0.6) is 0 Å². The van der Waals surface area contributed by atoms with Gasteiger partial charge in [-0.05, 0) is 37.9 Å². The van der Waals surface area contributed by atoms with Crippen LogP contribution in [0.4, 0.5) is 0 Å².